The zero-order chi connectivity index (χ0) is 16.6. The number of hydrogen-bond donors (Lipinski definition) is 0. The Bertz CT molecular complexity index is 734. The second-order valence-electron chi connectivity index (χ2n) is 6.01. The van der Waals surface area contributed by atoms with Gasteiger partial charge in [0.1, 0.15) is 16.8 Å². The third kappa shape index (κ3) is 3.08. The van der Waals surface area contributed by atoms with Crippen LogP contribution in [0.2, 0.25) is 0 Å². The van der Waals surface area contributed by atoms with E-state index in [-0.39, 0.29) is 6.10 Å². The fourth-order valence-electron chi connectivity index (χ4n) is 2.70. The van der Waals surface area contributed by atoms with E-state index in [9.17, 15) is 0 Å². The SMILES string of the molecule is [3H]C1c2cc3ccccc3cc2OC(CCN(C)C)C(=S)N1C. The van der Waals surface area contributed by atoms with Gasteiger partial charge in [0.25, 0.3) is 0 Å². The Morgan fingerprint density at radius 1 is 1.32 bits per heavy atom. The molecule has 0 aliphatic carbocycles. The first-order valence-corrected chi connectivity index (χ1v) is 7.91. The van der Waals surface area contributed by atoms with Crippen molar-refractivity contribution in [2.24, 2.45) is 0 Å². The largest absolute Gasteiger partial charge is 0.483 e. The van der Waals surface area contributed by atoms with E-state index in [1.54, 1.807) is 0 Å². The highest BCUT2D eigenvalue weighted by Gasteiger charge is 2.26. The maximum absolute atomic E-state index is 8.56. The molecule has 2 atom stereocenters. The molecule has 0 spiro atoms. The van der Waals surface area contributed by atoms with Crippen molar-refractivity contribution in [2.45, 2.75) is 19.0 Å². The minimum Gasteiger partial charge on any atom is -0.483 e. The standard InChI is InChI=1S/C18H22N2OS/c1-19(2)9-8-16-18(22)20(3)12-15-10-13-6-4-5-7-14(13)11-17(15)21-16/h4-7,10-11,16H,8-9,12H2,1-3H3/i12T. The van der Waals surface area contributed by atoms with E-state index in [4.69, 9.17) is 18.3 Å². The van der Waals surface area contributed by atoms with E-state index in [0.29, 0.717) is 4.99 Å². The first-order valence-electron chi connectivity index (χ1n) is 8.08. The molecule has 3 nitrogen and oxygen atoms in total. The van der Waals surface area contributed by atoms with Gasteiger partial charge >= 0.3 is 0 Å². The van der Waals surface area contributed by atoms with Crippen molar-refractivity contribution in [2.75, 3.05) is 27.7 Å². The van der Waals surface area contributed by atoms with Crippen LogP contribution in [0.25, 0.3) is 10.8 Å². The number of benzene rings is 2. The van der Waals surface area contributed by atoms with Crippen LogP contribution in [0.4, 0.5) is 0 Å². The van der Waals surface area contributed by atoms with E-state index in [0.717, 1.165) is 35.1 Å². The summed E-state index contributed by atoms with van der Waals surface area (Å²) in [4.78, 5) is 4.67. The van der Waals surface area contributed by atoms with Crippen molar-refractivity contribution in [1.82, 2.24) is 9.80 Å². The van der Waals surface area contributed by atoms with Crippen molar-refractivity contribution in [3.8, 4) is 5.75 Å². The van der Waals surface area contributed by atoms with Gasteiger partial charge in [0.2, 0.25) is 0 Å². The fraction of sp³-hybridized carbons (Fsp3) is 0.389. The molecule has 1 aliphatic rings. The molecule has 4 heteroatoms. The van der Waals surface area contributed by atoms with E-state index in [1.165, 1.54) is 0 Å². The maximum atomic E-state index is 8.56. The summed E-state index contributed by atoms with van der Waals surface area (Å²) in [5.74, 6) is 0.777. The molecule has 0 bridgehead atoms. The number of hydrogen-bond acceptors (Lipinski definition) is 3. The van der Waals surface area contributed by atoms with Crippen LogP contribution in [0.1, 0.15) is 13.4 Å². The predicted molar refractivity (Wildman–Crippen MR) is 95.6 cm³/mol. The lowest BCUT2D eigenvalue weighted by molar-refractivity contribution is 0.231. The van der Waals surface area contributed by atoms with Crippen molar-refractivity contribution in [3.63, 3.8) is 0 Å². The molecule has 0 saturated heterocycles. The summed E-state index contributed by atoms with van der Waals surface area (Å²) in [6.45, 7) is 0.357. The lowest BCUT2D eigenvalue weighted by Gasteiger charge is -2.24. The summed E-state index contributed by atoms with van der Waals surface area (Å²) < 4.78 is 14.8. The van der Waals surface area contributed by atoms with Crippen LogP contribution in [-0.4, -0.2) is 48.6 Å². The van der Waals surface area contributed by atoms with Crippen molar-refractivity contribution >= 4 is 28.0 Å². The van der Waals surface area contributed by atoms with Gasteiger partial charge in [-0.25, -0.2) is 0 Å². The number of thiocarbonyl (C=S) groups is 1. The topological polar surface area (TPSA) is 15.7 Å². The lowest BCUT2D eigenvalue weighted by Crippen LogP contribution is -2.37. The molecular formula is C18H22N2OS. The first-order chi connectivity index (χ1) is 11.0. The number of ether oxygens (including phenoxy) is 1. The number of likely N-dealkylation sites (N-methyl/N-ethyl adjacent to an activating group) is 1. The third-order valence-electron chi connectivity index (χ3n) is 3.94. The smallest absolute Gasteiger partial charge is 0.150 e. The summed E-state index contributed by atoms with van der Waals surface area (Å²) in [6, 6.07) is 12.3. The minimum atomic E-state index is -0.536. The normalized spacial score (nSPS) is 22.3. The van der Waals surface area contributed by atoms with Gasteiger partial charge in [-0.1, -0.05) is 36.5 Å². The van der Waals surface area contributed by atoms with Crippen LogP contribution in [0.5, 0.6) is 5.75 Å². The fourth-order valence-corrected chi connectivity index (χ4v) is 2.92. The minimum absolute atomic E-state index is 0.173. The highest BCUT2D eigenvalue weighted by atomic mass is 32.1. The second-order valence-corrected chi connectivity index (χ2v) is 6.43. The van der Waals surface area contributed by atoms with Gasteiger partial charge in [-0.05, 0) is 37.0 Å². The molecule has 0 radical (unpaired) electrons. The maximum Gasteiger partial charge on any atom is 0.150 e. The quantitative estimate of drug-likeness (QED) is 0.807. The van der Waals surface area contributed by atoms with Gasteiger partial charge in [-0.15, -0.1) is 0 Å². The Balaban J connectivity index is 2.03. The molecule has 2 aromatic carbocycles. The van der Waals surface area contributed by atoms with Crippen LogP contribution in [0.15, 0.2) is 36.4 Å². The van der Waals surface area contributed by atoms with E-state index >= 15 is 0 Å². The van der Waals surface area contributed by atoms with E-state index < -0.39 is 6.52 Å². The van der Waals surface area contributed by atoms with Crippen molar-refractivity contribution < 1.29 is 6.11 Å². The van der Waals surface area contributed by atoms with Crippen LogP contribution in [0, 0.1) is 0 Å². The Kier molecular flexibility index (Phi) is 3.95. The van der Waals surface area contributed by atoms with Crippen LogP contribution >= 0.6 is 12.2 Å². The number of rotatable bonds is 3. The molecule has 22 heavy (non-hydrogen) atoms. The Hall–Kier alpha value is -1.65. The molecule has 116 valence electrons. The monoisotopic (exact) mass is 316 g/mol. The van der Waals surface area contributed by atoms with Gasteiger partial charge in [0.15, 0.2) is 0 Å². The summed E-state index contributed by atoms with van der Waals surface area (Å²) in [5.41, 5.74) is 0.876. The number of fused-ring (bicyclic) bond motifs is 2. The molecule has 1 aliphatic heterocycles. The van der Waals surface area contributed by atoms with Crippen LogP contribution in [-0.2, 0) is 6.52 Å². The zero-order valence-corrected chi connectivity index (χ0v) is 14.1. The van der Waals surface area contributed by atoms with Gasteiger partial charge in [-0.2, -0.15) is 0 Å². The molecule has 1 heterocycles. The molecule has 2 aromatic rings. The molecule has 0 saturated carbocycles. The third-order valence-corrected chi connectivity index (χ3v) is 4.49. The molecule has 0 amide bonds. The predicted octanol–water partition coefficient (Wildman–Crippen LogP) is 3.31. The molecule has 2 unspecified atom stereocenters. The first kappa shape index (κ1) is 14.0. The Morgan fingerprint density at radius 3 is 2.68 bits per heavy atom. The van der Waals surface area contributed by atoms with Crippen molar-refractivity contribution in [1.29, 1.82) is 0 Å². The van der Waals surface area contributed by atoms with Gasteiger partial charge < -0.3 is 14.5 Å². The van der Waals surface area contributed by atoms with Crippen molar-refractivity contribution in [3.05, 3.63) is 42.0 Å². The highest BCUT2D eigenvalue weighted by molar-refractivity contribution is 7.80. The number of nitrogens with zero attached hydrogens (tertiary/aromatic N) is 2. The van der Waals surface area contributed by atoms with Crippen LogP contribution in [0.3, 0.4) is 0 Å². The summed E-state index contributed by atoms with van der Waals surface area (Å²) in [6.07, 6.45) is 0.641. The summed E-state index contributed by atoms with van der Waals surface area (Å²) in [5, 5.41) is 2.25. The van der Waals surface area contributed by atoms with E-state index in [2.05, 4.69) is 23.1 Å². The molecule has 0 aromatic heterocycles. The molecule has 0 N–H and O–H groups in total. The molecular weight excluding hydrogens is 292 g/mol. The average Bonchev–Trinajstić information content (AvgIpc) is 2.62. The molecule has 3 rings (SSSR count). The van der Waals surface area contributed by atoms with Crippen LogP contribution < -0.4 is 4.74 Å². The average molecular weight is 316 g/mol. The van der Waals surface area contributed by atoms with E-state index in [1.807, 2.05) is 44.2 Å². The van der Waals surface area contributed by atoms with Gasteiger partial charge in [-0.3, -0.25) is 0 Å². The molecule has 0 fully saturated rings. The Morgan fingerprint density at radius 2 is 2.00 bits per heavy atom. The Labute approximate surface area is 138 Å². The second kappa shape index (κ2) is 6.23. The van der Waals surface area contributed by atoms with Gasteiger partial charge in [0, 0.05) is 32.1 Å². The zero-order valence-electron chi connectivity index (χ0n) is 14.2. The summed E-state index contributed by atoms with van der Waals surface area (Å²) in [7, 11) is 5.97. The highest BCUT2D eigenvalue weighted by Crippen LogP contribution is 2.31. The summed E-state index contributed by atoms with van der Waals surface area (Å²) >= 11 is 5.58. The lowest BCUT2D eigenvalue weighted by atomic mass is 10.1. The van der Waals surface area contributed by atoms with Gasteiger partial charge in [0.05, 0.1) is 1.37 Å².